The van der Waals surface area contributed by atoms with Crippen LogP contribution in [0.2, 0.25) is 0 Å². The summed E-state index contributed by atoms with van der Waals surface area (Å²) in [4.78, 5) is 56.9. The lowest BCUT2D eigenvalue weighted by molar-refractivity contribution is -0.128. The van der Waals surface area contributed by atoms with Crippen LogP contribution in [-0.4, -0.2) is 31.2 Å². The first-order chi connectivity index (χ1) is 17.5. The molecule has 0 spiro atoms. The Kier molecular flexibility index (Phi) is 4.49. The van der Waals surface area contributed by atoms with E-state index in [0.717, 1.165) is 64.7 Å². The van der Waals surface area contributed by atoms with Crippen LogP contribution in [0.4, 0.5) is 5.00 Å². The van der Waals surface area contributed by atoms with Crippen LogP contribution in [-0.2, 0) is 37.4 Å². The number of carbonyl (C=O) groups is 4. The van der Waals surface area contributed by atoms with Gasteiger partial charge in [0.05, 0.1) is 29.9 Å². The number of fused-ring (bicyclic) bond motifs is 1. The molecular formula is C29H23NO5S. The first-order valence-electron chi connectivity index (χ1n) is 12.3. The van der Waals surface area contributed by atoms with Crippen molar-refractivity contribution < 1.29 is 23.9 Å². The number of aldehydes is 1. The van der Waals surface area contributed by atoms with E-state index in [0.29, 0.717) is 10.6 Å². The molecule has 1 aromatic heterocycles. The Balaban J connectivity index is 1.48. The predicted octanol–water partition coefficient (Wildman–Crippen LogP) is 4.16. The van der Waals surface area contributed by atoms with Gasteiger partial charge in [-0.2, -0.15) is 0 Å². The van der Waals surface area contributed by atoms with Crippen molar-refractivity contribution in [2.45, 2.75) is 37.0 Å². The standard InChI is InChI=1S/C29H23NO5S/c1-35-28(34)22-17-10-4-7-13-20(17)36-27(22)30-25(32)23-21-15-8-2-5-11-18(15)29(14-31,24(23)26(30)33)19-12-6-3-9-16(19)21/h2-3,5-6,8-9,11-12,14,21,23-24H,4,7,10,13H2,1H3. The van der Waals surface area contributed by atoms with Crippen LogP contribution in [0.1, 0.15) is 61.8 Å². The Hall–Kier alpha value is -3.58. The first kappa shape index (κ1) is 21.7. The maximum absolute atomic E-state index is 14.3. The molecule has 6 nitrogen and oxygen atoms in total. The molecule has 1 saturated heterocycles. The van der Waals surface area contributed by atoms with Crippen molar-refractivity contribution in [3.63, 3.8) is 0 Å². The largest absolute Gasteiger partial charge is 0.465 e. The van der Waals surface area contributed by atoms with E-state index in [1.165, 1.54) is 23.3 Å². The molecule has 2 bridgehead atoms. The van der Waals surface area contributed by atoms with Gasteiger partial charge in [-0.15, -0.1) is 11.3 Å². The van der Waals surface area contributed by atoms with Gasteiger partial charge in [-0.1, -0.05) is 48.5 Å². The number of thiophene rings is 1. The monoisotopic (exact) mass is 497 g/mol. The second-order valence-electron chi connectivity index (χ2n) is 10.0. The molecule has 8 rings (SSSR count). The van der Waals surface area contributed by atoms with Gasteiger partial charge in [0.25, 0.3) is 0 Å². The zero-order valence-electron chi connectivity index (χ0n) is 19.7. The van der Waals surface area contributed by atoms with Crippen molar-refractivity contribution in [2.24, 2.45) is 11.8 Å². The maximum Gasteiger partial charge on any atom is 0.341 e. The van der Waals surface area contributed by atoms with Crippen molar-refractivity contribution >= 4 is 40.4 Å². The number of methoxy groups -OCH3 is 1. The zero-order valence-corrected chi connectivity index (χ0v) is 20.5. The van der Waals surface area contributed by atoms with Gasteiger partial charge < -0.3 is 9.53 Å². The molecule has 0 radical (unpaired) electrons. The van der Waals surface area contributed by atoms with Gasteiger partial charge in [-0.25, -0.2) is 9.69 Å². The van der Waals surface area contributed by atoms with Crippen LogP contribution < -0.4 is 4.90 Å². The minimum atomic E-state index is -1.25. The summed E-state index contributed by atoms with van der Waals surface area (Å²) in [6.07, 6.45) is 4.35. The molecule has 180 valence electrons. The van der Waals surface area contributed by atoms with Crippen LogP contribution >= 0.6 is 11.3 Å². The molecule has 4 aliphatic carbocycles. The SMILES string of the molecule is COC(=O)c1c(N2C(=O)C3C4c5ccccc5C(C=O)(c5ccccc54)C3C2=O)sc2c1CCCC2. The van der Waals surface area contributed by atoms with Gasteiger partial charge >= 0.3 is 5.97 Å². The van der Waals surface area contributed by atoms with Crippen LogP contribution in [0.3, 0.4) is 0 Å². The molecule has 2 heterocycles. The van der Waals surface area contributed by atoms with Gasteiger partial charge in [-0.3, -0.25) is 9.59 Å². The minimum absolute atomic E-state index is 0.332. The topological polar surface area (TPSA) is 80.8 Å². The fraction of sp³-hybridized carbons (Fsp3) is 0.310. The summed E-state index contributed by atoms with van der Waals surface area (Å²) in [6, 6.07) is 15.3. The molecule has 1 fully saturated rings. The summed E-state index contributed by atoms with van der Waals surface area (Å²) < 4.78 is 5.11. The molecule has 2 aromatic carbocycles. The molecule has 0 saturated carbocycles. The highest BCUT2D eigenvalue weighted by atomic mass is 32.1. The van der Waals surface area contributed by atoms with Gasteiger partial charge in [-0.05, 0) is 53.5 Å². The van der Waals surface area contributed by atoms with Gasteiger partial charge in [0.1, 0.15) is 11.3 Å². The van der Waals surface area contributed by atoms with E-state index in [1.807, 2.05) is 48.5 Å². The Morgan fingerprint density at radius 1 is 1.00 bits per heavy atom. The third-order valence-corrected chi connectivity index (χ3v) is 9.89. The lowest BCUT2D eigenvalue weighted by Crippen LogP contribution is -2.54. The molecule has 2 atom stereocenters. The predicted molar refractivity (Wildman–Crippen MR) is 133 cm³/mol. The van der Waals surface area contributed by atoms with E-state index in [-0.39, 0.29) is 11.8 Å². The smallest absolute Gasteiger partial charge is 0.341 e. The number of ether oxygens (including phenoxy) is 1. The average Bonchev–Trinajstić information content (AvgIpc) is 3.43. The van der Waals surface area contributed by atoms with Gasteiger partial charge in [0, 0.05) is 10.8 Å². The second-order valence-corrected chi connectivity index (χ2v) is 11.1. The third kappa shape index (κ3) is 2.41. The number of nitrogens with zero attached hydrogens (tertiary/aromatic N) is 1. The van der Waals surface area contributed by atoms with Gasteiger partial charge in [0.2, 0.25) is 11.8 Å². The molecule has 0 N–H and O–H groups in total. The zero-order chi connectivity index (χ0) is 24.8. The van der Waals surface area contributed by atoms with Crippen molar-refractivity contribution in [1.82, 2.24) is 0 Å². The number of carbonyl (C=O) groups excluding carboxylic acids is 4. The molecule has 36 heavy (non-hydrogen) atoms. The average molecular weight is 498 g/mol. The molecule has 2 unspecified atom stereocenters. The summed E-state index contributed by atoms with van der Waals surface area (Å²) in [5.74, 6) is -3.18. The van der Waals surface area contributed by atoms with Crippen LogP contribution in [0.15, 0.2) is 48.5 Å². The summed E-state index contributed by atoms with van der Waals surface area (Å²) in [6.45, 7) is 0. The van der Waals surface area contributed by atoms with E-state index < -0.39 is 29.1 Å². The molecular weight excluding hydrogens is 474 g/mol. The summed E-state index contributed by atoms with van der Waals surface area (Å²) in [7, 11) is 1.32. The van der Waals surface area contributed by atoms with Crippen molar-refractivity contribution in [1.29, 1.82) is 0 Å². The quantitative estimate of drug-likeness (QED) is 0.308. The Morgan fingerprint density at radius 3 is 2.28 bits per heavy atom. The molecule has 1 aliphatic heterocycles. The summed E-state index contributed by atoms with van der Waals surface area (Å²) in [5.41, 5.74) is 3.41. The molecule has 7 heteroatoms. The van der Waals surface area contributed by atoms with Crippen LogP contribution in [0, 0.1) is 11.8 Å². The number of esters is 1. The van der Waals surface area contributed by atoms with E-state index in [9.17, 15) is 19.2 Å². The first-order valence-corrected chi connectivity index (χ1v) is 13.1. The van der Waals surface area contributed by atoms with Crippen LogP contribution in [0.25, 0.3) is 0 Å². The van der Waals surface area contributed by atoms with Crippen molar-refractivity contribution in [3.05, 3.63) is 86.8 Å². The number of imide groups is 1. The summed E-state index contributed by atoms with van der Waals surface area (Å²) in [5, 5.41) is 0.353. The summed E-state index contributed by atoms with van der Waals surface area (Å²) >= 11 is 1.35. The molecule has 2 amide bonds. The maximum atomic E-state index is 14.3. The molecule has 3 aromatic rings. The minimum Gasteiger partial charge on any atom is -0.465 e. The number of hydrogen-bond acceptors (Lipinski definition) is 6. The fourth-order valence-electron chi connectivity index (χ4n) is 7.25. The van der Waals surface area contributed by atoms with Crippen LogP contribution in [0.5, 0.6) is 0 Å². The number of hydrogen-bond donors (Lipinski definition) is 0. The highest BCUT2D eigenvalue weighted by molar-refractivity contribution is 7.17. The lowest BCUT2D eigenvalue weighted by atomic mass is 9.48. The molecule has 5 aliphatic rings. The number of rotatable bonds is 3. The normalized spacial score (nSPS) is 27.2. The van der Waals surface area contributed by atoms with E-state index in [4.69, 9.17) is 4.74 Å². The lowest BCUT2D eigenvalue weighted by Gasteiger charge is -2.51. The third-order valence-electron chi connectivity index (χ3n) is 8.62. The fourth-order valence-corrected chi connectivity index (χ4v) is 8.64. The second kappa shape index (κ2) is 7.46. The van der Waals surface area contributed by atoms with Crippen molar-refractivity contribution in [2.75, 3.05) is 12.0 Å². The number of anilines is 1. The number of aryl methyl sites for hydroxylation is 1. The highest BCUT2D eigenvalue weighted by Gasteiger charge is 2.69. The number of amides is 2. The number of benzene rings is 2. The van der Waals surface area contributed by atoms with E-state index >= 15 is 0 Å². The Bertz CT molecular complexity index is 1460. The van der Waals surface area contributed by atoms with E-state index in [1.54, 1.807) is 0 Å². The van der Waals surface area contributed by atoms with Crippen molar-refractivity contribution in [3.8, 4) is 0 Å². The van der Waals surface area contributed by atoms with E-state index in [2.05, 4.69) is 0 Å². The Morgan fingerprint density at radius 2 is 1.64 bits per heavy atom. The highest BCUT2D eigenvalue weighted by Crippen LogP contribution is 2.64. The van der Waals surface area contributed by atoms with Gasteiger partial charge in [0.15, 0.2) is 0 Å². The Labute approximate surface area is 211 Å².